The molecule has 2 unspecified atom stereocenters. The van der Waals surface area contributed by atoms with E-state index in [9.17, 15) is 19.0 Å². The van der Waals surface area contributed by atoms with Crippen molar-refractivity contribution in [3.05, 3.63) is 0 Å². The van der Waals surface area contributed by atoms with Gasteiger partial charge < -0.3 is 15.1 Å². The number of rotatable bonds is 15. The SMILES string of the molecule is CCCCCCCCCCCCC(CC(=O)O)(C(=O)O)[P+](=O)[O-]. The number of hydrogen-bond donors (Lipinski definition) is 2. The molecular weight excluding hydrogens is 319 g/mol. The first-order chi connectivity index (χ1) is 10.9. The monoisotopic (exact) mass is 348 g/mol. The fourth-order valence-electron chi connectivity index (χ4n) is 2.66. The highest BCUT2D eigenvalue weighted by molar-refractivity contribution is 7.40. The molecule has 0 aliphatic carbocycles. The second kappa shape index (κ2) is 12.4. The Balaban J connectivity index is 4.03. The summed E-state index contributed by atoms with van der Waals surface area (Å²) in [5, 5.41) is 15.8. The first-order valence-electron chi connectivity index (χ1n) is 8.46. The summed E-state index contributed by atoms with van der Waals surface area (Å²) in [7, 11) is -3.34. The number of carbonyl (C=O) groups is 2. The van der Waals surface area contributed by atoms with Gasteiger partial charge in [0.25, 0.3) is 5.16 Å². The normalized spacial score (nSPS) is 14.3. The van der Waals surface area contributed by atoms with Gasteiger partial charge in [-0.05, 0) is 6.42 Å². The van der Waals surface area contributed by atoms with Gasteiger partial charge in [-0.25, -0.2) is 4.79 Å². The van der Waals surface area contributed by atoms with Crippen molar-refractivity contribution >= 4 is 20.0 Å². The van der Waals surface area contributed by atoms with Gasteiger partial charge in [0.2, 0.25) is 0 Å². The van der Waals surface area contributed by atoms with Crippen molar-refractivity contribution in [3.63, 3.8) is 0 Å². The molecule has 0 spiro atoms. The third kappa shape index (κ3) is 9.01. The molecule has 0 aliphatic rings. The molecule has 6 nitrogen and oxygen atoms in total. The predicted molar refractivity (Wildman–Crippen MR) is 86.7 cm³/mol. The number of unbranched alkanes of at least 4 members (excludes halogenated alkanes) is 9. The van der Waals surface area contributed by atoms with Crippen molar-refractivity contribution < 1.29 is 29.3 Å². The Morgan fingerprint density at radius 3 is 1.70 bits per heavy atom. The van der Waals surface area contributed by atoms with Crippen LogP contribution < -0.4 is 4.89 Å². The maximum Gasteiger partial charge on any atom is 0.359 e. The molecule has 0 saturated heterocycles. The highest BCUT2D eigenvalue weighted by Crippen LogP contribution is 2.40. The summed E-state index contributed by atoms with van der Waals surface area (Å²) in [6, 6.07) is 0. The zero-order valence-corrected chi connectivity index (χ0v) is 14.9. The average Bonchev–Trinajstić information content (AvgIpc) is 2.46. The summed E-state index contributed by atoms with van der Waals surface area (Å²) in [6.07, 6.45) is 9.45. The minimum Gasteiger partial charge on any atom is -0.595 e. The fourth-order valence-corrected chi connectivity index (χ4v) is 3.42. The van der Waals surface area contributed by atoms with E-state index in [1.54, 1.807) is 0 Å². The van der Waals surface area contributed by atoms with Crippen molar-refractivity contribution in [2.24, 2.45) is 0 Å². The van der Waals surface area contributed by atoms with Gasteiger partial charge in [-0.2, -0.15) is 0 Å². The lowest BCUT2D eigenvalue weighted by Crippen LogP contribution is -2.39. The second-order valence-electron chi connectivity index (χ2n) is 6.10. The Labute approximate surface area is 139 Å². The summed E-state index contributed by atoms with van der Waals surface area (Å²) in [6.45, 7) is 2.18. The Bertz CT molecular complexity index is 369. The van der Waals surface area contributed by atoms with E-state index in [0.29, 0.717) is 6.42 Å². The van der Waals surface area contributed by atoms with Crippen LogP contribution in [0.1, 0.15) is 84.0 Å². The van der Waals surface area contributed by atoms with Gasteiger partial charge >= 0.3 is 20.0 Å². The van der Waals surface area contributed by atoms with Crippen LogP contribution >= 0.6 is 8.03 Å². The van der Waals surface area contributed by atoms with Crippen LogP contribution in [0, 0.1) is 0 Å². The Morgan fingerprint density at radius 1 is 0.913 bits per heavy atom. The van der Waals surface area contributed by atoms with Gasteiger partial charge in [0.05, 0.1) is 0 Å². The Kier molecular flexibility index (Phi) is 11.9. The van der Waals surface area contributed by atoms with Crippen LogP contribution in [0.4, 0.5) is 0 Å². The third-order valence-electron chi connectivity index (χ3n) is 4.14. The Morgan fingerprint density at radius 2 is 1.35 bits per heavy atom. The lowest BCUT2D eigenvalue weighted by atomic mass is 9.96. The average molecular weight is 348 g/mol. The second-order valence-corrected chi connectivity index (χ2v) is 7.47. The van der Waals surface area contributed by atoms with E-state index in [1.165, 1.54) is 32.1 Å². The first kappa shape index (κ1) is 22.0. The van der Waals surface area contributed by atoms with Crippen molar-refractivity contribution in [1.82, 2.24) is 0 Å². The molecule has 134 valence electrons. The summed E-state index contributed by atoms with van der Waals surface area (Å²) >= 11 is 0. The van der Waals surface area contributed by atoms with Crippen molar-refractivity contribution in [1.29, 1.82) is 0 Å². The van der Waals surface area contributed by atoms with Gasteiger partial charge in [0.15, 0.2) is 0 Å². The maximum absolute atomic E-state index is 11.3. The van der Waals surface area contributed by atoms with Crippen LogP contribution in [0.5, 0.6) is 0 Å². The first-order valence-corrected chi connectivity index (χ1v) is 9.64. The van der Waals surface area contributed by atoms with Crippen LogP contribution in [0.25, 0.3) is 0 Å². The number of carboxylic acid groups (broad SMARTS) is 2. The molecule has 0 fully saturated rings. The summed E-state index contributed by atoms with van der Waals surface area (Å²) in [4.78, 5) is 33.3. The molecular formula is C16H29O6P. The molecule has 7 heteroatoms. The van der Waals surface area contributed by atoms with Gasteiger partial charge in [-0.15, -0.1) is 0 Å². The molecule has 0 aromatic rings. The van der Waals surface area contributed by atoms with E-state index in [4.69, 9.17) is 10.2 Å². The zero-order valence-electron chi connectivity index (χ0n) is 14.0. The number of hydrogen-bond acceptors (Lipinski definition) is 4. The maximum atomic E-state index is 11.3. The quantitative estimate of drug-likeness (QED) is 0.344. The topological polar surface area (TPSA) is 115 Å². The molecule has 0 saturated carbocycles. The van der Waals surface area contributed by atoms with E-state index in [2.05, 4.69) is 6.92 Å². The Hall–Kier alpha value is -1.00. The fraction of sp³-hybridized carbons (Fsp3) is 0.875. The van der Waals surface area contributed by atoms with E-state index < -0.39 is 31.5 Å². The molecule has 0 aromatic carbocycles. The molecule has 0 rings (SSSR count). The highest BCUT2D eigenvalue weighted by atomic mass is 31.1. The lowest BCUT2D eigenvalue weighted by molar-refractivity contribution is -0.176. The molecule has 0 aliphatic heterocycles. The zero-order chi connectivity index (χ0) is 17.7. The van der Waals surface area contributed by atoms with Crippen molar-refractivity contribution in [3.8, 4) is 0 Å². The molecule has 2 N–H and O–H groups in total. The summed E-state index contributed by atoms with van der Waals surface area (Å²) < 4.78 is 11.3. The third-order valence-corrected chi connectivity index (χ3v) is 5.41. The van der Waals surface area contributed by atoms with Crippen LogP contribution in [0.3, 0.4) is 0 Å². The lowest BCUT2D eigenvalue weighted by Gasteiger charge is -2.18. The molecule has 0 heterocycles. The molecule has 2 atom stereocenters. The van der Waals surface area contributed by atoms with Gasteiger partial charge in [0, 0.05) is 6.42 Å². The molecule has 0 radical (unpaired) electrons. The van der Waals surface area contributed by atoms with Gasteiger partial charge in [0.1, 0.15) is 6.42 Å². The number of aliphatic carboxylic acids is 2. The van der Waals surface area contributed by atoms with Crippen molar-refractivity contribution in [2.45, 2.75) is 89.1 Å². The molecule has 0 amide bonds. The summed E-state index contributed by atoms with van der Waals surface area (Å²) in [5.41, 5.74) is 0. The smallest absolute Gasteiger partial charge is 0.359 e. The number of carboxylic acids is 2. The van der Waals surface area contributed by atoms with Crippen LogP contribution in [0.15, 0.2) is 0 Å². The molecule has 0 aromatic heterocycles. The van der Waals surface area contributed by atoms with E-state index >= 15 is 0 Å². The predicted octanol–water partition coefficient (Wildman–Crippen LogP) is 3.70. The standard InChI is InChI=1S/C16H29O6P/c1-2-3-4-5-6-7-8-9-10-11-12-16(15(19)20,23(21)22)13-14(17)18/h2-13H2,1H3,(H,17,18)(H,19,20). The van der Waals surface area contributed by atoms with Crippen molar-refractivity contribution in [2.75, 3.05) is 0 Å². The summed E-state index contributed by atoms with van der Waals surface area (Å²) in [5.74, 6) is -2.97. The van der Waals surface area contributed by atoms with Crippen LogP contribution in [0.2, 0.25) is 0 Å². The van der Waals surface area contributed by atoms with Gasteiger partial charge in [-0.1, -0.05) is 69.3 Å². The highest BCUT2D eigenvalue weighted by Gasteiger charge is 2.52. The minimum atomic E-state index is -3.34. The molecule has 0 bridgehead atoms. The minimum absolute atomic E-state index is 0.135. The molecule has 23 heavy (non-hydrogen) atoms. The van der Waals surface area contributed by atoms with Crippen LogP contribution in [-0.4, -0.2) is 27.3 Å². The van der Waals surface area contributed by atoms with Gasteiger partial charge in [-0.3, -0.25) is 4.79 Å². The van der Waals surface area contributed by atoms with Crippen LogP contribution in [-0.2, 0) is 14.2 Å². The van der Waals surface area contributed by atoms with E-state index in [-0.39, 0.29) is 6.42 Å². The van der Waals surface area contributed by atoms with E-state index in [0.717, 1.165) is 25.7 Å². The largest absolute Gasteiger partial charge is 0.595 e. The van der Waals surface area contributed by atoms with E-state index in [1.807, 2.05) is 0 Å².